The number of nitrogens with one attached hydrogen (secondary N) is 2. The lowest BCUT2D eigenvalue weighted by molar-refractivity contribution is 0.251. The first-order valence-corrected chi connectivity index (χ1v) is 10.7. The summed E-state index contributed by atoms with van der Waals surface area (Å²) in [6.45, 7) is 6.94. The van der Waals surface area contributed by atoms with Crippen molar-refractivity contribution in [3.63, 3.8) is 0 Å². The number of hydrogen-bond acceptors (Lipinski definition) is 5. The first-order valence-electron chi connectivity index (χ1n) is 10.7. The van der Waals surface area contributed by atoms with Crippen molar-refractivity contribution in [1.29, 1.82) is 0 Å². The number of anilines is 2. The highest BCUT2D eigenvalue weighted by Gasteiger charge is 2.47. The van der Waals surface area contributed by atoms with Crippen molar-refractivity contribution in [2.24, 2.45) is 5.92 Å². The summed E-state index contributed by atoms with van der Waals surface area (Å²) in [4.78, 5) is 27.9. The number of benzene rings is 1. The lowest BCUT2D eigenvalue weighted by atomic mass is 10.0. The van der Waals surface area contributed by atoms with Crippen LogP contribution in [-0.4, -0.2) is 38.1 Å². The van der Waals surface area contributed by atoms with Crippen LogP contribution < -0.4 is 15.5 Å². The number of carbonyl (C=O) groups excluding carboxylic acids is 1. The Morgan fingerprint density at radius 2 is 2.06 bits per heavy atom. The Labute approximate surface area is 181 Å². The van der Waals surface area contributed by atoms with Gasteiger partial charge < -0.3 is 15.2 Å². The van der Waals surface area contributed by atoms with Crippen LogP contribution in [0.4, 0.5) is 16.6 Å². The Hall–Kier alpha value is -3.42. The number of hydrogen-bond donors (Lipinski definition) is 2. The van der Waals surface area contributed by atoms with Crippen LogP contribution in [0.1, 0.15) is 37.9 Å². The Kier molecular flexibility index (Phi) is 4.64. The molecule has 160 valence electrons. The number of carbonyl (C=O) groups is 1. The van der Waals surface area contributed by atoms with Crippen LogP contribution in [0.5, 0.6) is 0 Å². The second-order valence-electron chi connectivity index (χ2n) is 8.82. The molecule has 2 aromatic heterocycles. The van der Waals surface area contributed by atoms with Gasteiger partial charge in [-0.25, -0.2) is 14.8 Å². The van der Waals surface area contributed by atoms with E-state index in [9.17, 15) is 4.79 Å². The summed E-state index contributed by atoms with van der Waals surface area (Å²) < 4.78 is 2.04. The second-order valence-corrected chi connectivity index (χ2v) is 8.82. The smallest absolute Gasteiger partial charge is 0.323 e. The van der Waals surface area contributed by atoms with Crippen molar-refractivity contribution in [2.45, 2.75) is 45.2 Å². The fraction of sp³-hybridized carbons (Fsp3) is 0.391. The summed E-state index contributed by atoms with van der Waals surface area (Å²) in [5.74, 6) is 1.46. The molecule has 8 nitrogen and oxygen atoms in total. The third-order valence-electron chi connectivity index (χ3n) is 6.14. The number of amides is 2. The summed E-state index contributed by atoms with van der Waals surface area (Å²) in [6.07, 6.45) is 7.55. The molecular weight excluding hydrogens is 390 g/mol. The number of aryl methyl sites for hydroxylation is 1. The normalized spacial score (nSPS) is 19.5. The maximum absolute atomic E-state index is 12.4. The van der Waals surface area contributed by atoms with Crippen LogP contribution in [0.2, 0.25) is 0 Å². The van der Waals surface area contributed by atoms with Gasteiger partial charge in [-0.2, -0.15) is 4.98 Å². The highest BCUT2D eigenvalue weighted by atomic mass is 16.2. The molecule has 1 aliphatic carbocycles. The van der Waals surface area contributed by atoms with Gasteiger partial charge in [0.25, 0.3) is 0 Å². The molecule has 5 rings (SSSR count). The Morgan fingerprint density at radius 1 is 1.23 bits per heavy atom. The van der Waals surface area contributed by atoms with Crippen molar-refractivity contribution < 1.29 is 4.79 Å². The number of nitrogens with zero attached hydrogens (tertiary/aromatic N) is 5. The minimum Gasteiger partial charge on any atom is -0.343 e. The zero-order valence-corrected chi connectivity index (χ0v) is 18.0. The summed E-state index contributed by atoms with van der Waals surface area (Å²) in [5, 5.41) is 6.41. The van der Waals surface area contributed by atoms with Gasteiger partial charge in [-0.1, -0.05) is 26.0 Å². The van der Waals surface area contributed by atoms with Gasteiger partial charge in [-0.05, 0) is 49.4 Å². The van der Waals surface area contributed by atoms with Crippen LogP contribution >= 0.6 is 0 Å². The third-order valence-corrected chi connectivity index (χ3v) is 6.14. The van der Waals surface area contributed by atoms with E-state index in [4.69, 9.17) is 0 Å². The van der Waals surface area contributed by atoms with Crippen molar-refractivity contribution >= 4 is 17.8 Å². The highest BCUT2D eigenvalue weighted by molar-refractivity contribution is 5.94. The average molecular weight is 418 g/mol. The molecule has 0 radical (unpaired) electrons. The molecule has 0 unspecified atom stereocenters. The molecule has 2 N–H and O–H groups in total. The van der Waals surface area contributed by atoms with Gasteiger partial charge in [0.15, 0.2) is 0 Å². The average Bonchev–Trinajstić information content (AvgIpc) is 3.18. The van der Waals surface area contributed by atoms with Crippen LogP contribution in [0.3, 0.4) is 0 Å². The van der Waals surface area contributed by atoms with Crippen LogP contribution in [0.25, 0.3) is 5.69 Å². The number of rotatable bonds is 6. The lowest BCUT2D eigenvalue weighted by Gasteiger charge is -2.25. The maximum atomic E-state index is 12.4. The van der Waals surface area contributed by atoms with Gasteiger partial charge >= 0.3 is 6.03 Å². The van der Waals surface area contributed by atoms with Crippen LogP contribution in [0.15, 0.2) is 49.1 Å². The van der Waals surface area contributed by atoms with Gasteiger partial charge in [0.1, 0.15) is 5.82 Å². The second kappa shape index (κ2) is 7.37. The van der Waals surface area contributed by atoms with E-state index < -0.39 is 0 Å². The largest absolute Gasteiger partial charge is 0.343 e. The SMILES string of the molecule is Cc1cccc(-n2cnc(C3(Nc4nccc(N5C(=O)NC[C@@H]5C(C)C)n4)CC3)c2)c1. The van der Waals surface area contributed by atoms with E-state index >= 15 is 0 Å². The molecule has 2 fully saturated rings. The molecule has 31 heavy (non-hydrogen) atoms. The van der Waals surface area contributed by atoms with Gasteiger partial charge in [0.05, 0.1) is 23.6 Å². The lowest BCUT2D eigenvalue weighted by Crippen LogP contribution is -2.38. The maximum Gasteiger partial charge on any atom is 0.323 e. The Balaban J connectivity index is 1.38. The molecule has 1 saturated heterocycles. The molecule has 0 spiro atoms. The van der Waals surface area contributed by atoms with E-state index in [1.165, 1.54) is 5.56 Å². The molecule has 2 amide bonds. The molecule has 1 aliphatic heterocycles. The molecule has 8 heteroatoms. The van der Waals surface area contributed by atoms with E-state index in [0.29, 0.717) is 24.2 Å². The predicted octanol–water partition coefficient (Wildman–Crippen LogP) is 3.63. The number of imidazole rings is 1. The van der Waals surface area contributed by atoms with Crippen LogP contribution in [-0.2, 0) is 5.54 Å². The van der Waals surface area contributed by atoms with Gasteiger partial charge in [-0.15, -0.1) is 0 Å². The highest BCUT2D eigenvalue weighted by Crippen LogP contribution is 2.47. The number of aromatic nitrogens is 4. The monoisotopic (exact) mass is 417 g/mol. The fourth-order valence-electron chi connectivity index (χ4n) is 4.15. The molecule has 1 aromatic carbocycles. The third kappa shape index (κ3) is 3.62. The van der Waals surface area contributed by atoms with Crippen LogP contribution in [0, 0.1) is 12.8 Å². The molecule has 3 aromatic rings. The van der Waals surface area contributed by atoms with E-state index in [1.807, 2.05) is 17.0 Å². The minimum atomic E-state index is -0.265. The summed E-state index contributed by atoms with van der Waals surface area (Å²) in [5.41, 5.74) is 3.01. The van der Waals surface area contributed by atoms with Crippen molar-refractivity contribution in [3.05, 3.63) is 60.3 Å². The van der Waals surface area contributed by atoms with E-state index in [0.717, 1.165) is 24.2 Å². The van der Waals surface area contributed by atoms with E-state index in [2.05, 4.69) is 70.8 Å². The van der Waals surface area contributed by atoms with Gasteiger partial charge in [0, 0.05) is 24.6 Å². The number of urea groups is 1. The Morgan fingerprint density at radius 3 is 2.81 bits per heavy atom. The molecule has 0 bridgehead atoms. The topological polar surface area (TPSA) is 88.0 Å². The summed E-state index contributed by atoms with van der Waals surface area (Å²) >= 11 is 0. The van der Waals surface area contributed by atoms with E-state index in [-0.39, 0.29) is 17.6 Å². The summed E-state index contributed by atoms with van der Waals surface area (Å²) in [6, 6.07) is 10.1. The fourth-order valence-corrected chi connectivity index (χ4v) is 4.15. The predicted molar refractivity (Wildman–Crippen MR) is 119 cm³/mol. The first kappa shape index (κ1) is 19.5. The summed E-state index contributed by atoms with van der Waals surface area (Å²) in [7, 11) is 0. The Bertz CT molecular complexity index is 1120. The van der Waals surface area contributed by atoms with Crippen molar-refractivity contribution in [2.75, 3.05) is 16.8 Å². The molecule has 3 heterocycles. The minimum absolute atomic E-state index is 0.0789. The zero-order valence-electron chi connectivity index (χ0n) is 18.0. The molecule has 1 saturated carbocycles. The van der Waals surface area contributed by atoms with E-state index in [1.54, 1.807) is 17.2 Å². The molecule has 2 aliphatic rings. The molecular formula is C23H27N7O. The standard InChI is InChI=1S/C23H27N7O/c1-15(2)18-12-25-22(31)30(18)20-7-10-24-21(27-20)28-23(8-9-23)19-13-29(14-26-19)17-6-4-5-16(3)11-17/h4-7,10-11,13-15,18H,8-9,12H2,1-3H3,(H,25,31)(H,24,27,28)/t18-/m1/s1. The zero-order chi connectivity index (χ0) is 21.6. The van der Waals surface area contributed by atoms with Crippen molar-refractivity contribution in [3.8, 4) is 5.69 Å². The quantitative estimate of drug-likeness (QED) is 0.640. The van der Waals surface area contributed by atoms with Crippen molar-refractivity contribution in [1.82, 2.24) is 24.8 Å². The first-order chi connectivity index (χ1) is 14.9. The van der Waals surface area contributed by atoms with Gasteiger partial charge in [-0.3, -0.25) is 4.90 Å². The molecule has 1 atom stereocenters. The van der Waals surface area contributed by atoms with Gasteiger partial charge in [0.2, 0.25) is 5.95 Å².